The topological polar surface area (TPSA) is 66.2 Å². The van der Waals surface area contributed by atoms with Gasteiger partial charge in [0.15, 0.2) is 5.69 Å². The summed E-state index contributed by atoms with van der Waals surface area (Å²) in [6, 6.07) is 7.71. The molecule has 0 unspecified atom stereocenters. The lowest BCUT2D eigenvalue weighted by atomic mass is 10.2. The monoisotopic (exact) mass is 289 g/mol. The lowest BCUT2D eigenvalue weighted by Gasteiger charge is -2.07. The Hall–Kier alpha value is -2.37. The van der Waals surface area contributed by atoms with E-state index in [4.69, 9.17) is 9.47 Å². The van der Waals surface area contributed by atoms with Gasteiger partial charge in [-0.05, 0) is 31.0 Å². The second-order valence-electron chi connectivity index (χ2n) is 4.46. The van der Waals surface area contributed by atoms with Crippen LogP contribution in [0.4, 0.5) is 0 Å². The number of esters is 1. The van der Waals surface area contributed by atoms with Crippen LogP contribution in [-0.2, 0) is 17.7 Å². The molecule has 0 bridgehead atoms. The number of aromatic nitrogens is 3. The van der Waals surface area contributed by atoms with Gasteiger partial charge >= 0.3 is 5.97 Å². The van der Waals surface area contributed by atoms with Crippen molar-refractivity contribution in [3.63, 3.8) is 0 Å². The minimum atomic E-state index is -0.421. The van der Waals surface area contributed by atoms with Gasteiger partial charge in [-0.15, -0.1) is 5.10 Å². The van der Waals surface area contributed by atoms with Crippen LogP contribution >= 0.6 is 0 Å². The summed E-state index contributed by atoms with van der Waals surface area (Å²) < 4.78 is 11.9. The minimum Gasteiger partial charge on any atom is -0.497 e. The summed E-state index contributed by atoms with van der Waals surface area (Å²) in [7, 11) is 1.63. The lowest BCUT2D eigenvalue weighted by molar-refractivity contribution is 0.0518. The maximum absolute atomic E-state index is 11.8. The van der Waals surface area contributed by atoms with E-state index in [0.29, 0.717) is 25.3 Å². The number of carbonyl (C=O) groups excluding carboxylic acids is 1. The third-order valence-electron chi connectivity index (χ3n) is 3.13. The average Bonchev–Trinajstić information content (AvgIpc) is 2.91. The first-order chi connectivity index (χ1) is 10.2. The molecule has 0 atom stereocenters. The molecule has 0 saturated heterocycles. The van der Waals surface area contributed by atoms with Crippen molar-refractivity contribution < 1.29 is 14.3 Å². The molecule has 1 aromatic carbocycles. The van der Waals surface area contributed by atoms with Crippen LogP contribution in [0.15, 0.2) is 24.3 Å². The molecule has 6 heteroatoms. The number of hydrogen-bond donors (Lipinski definition) is 0. The van der Waals surface area contributed by atoms with E-state index in [1.165, 1.54) is 0 Å². The van der Waals surface area contributed by atoms with E-state index in [9.17, 15) is 4.79 Å². The van der Waals surface area contributed by atoms with E-state index >= 15 is 0 Å². The Labute approximate surface area is 123 Å². The molecule has 0 aliphatic heterocycles. The highest BCUT2D eigenvalue weighted by molar-refractivity contribution is 5.88. The van der Waals surface area contributed by atoms with Crippen LogP contribution in [-0.4, -0.2) is 34.7 Å². The average molecular weight is 289 g/mol. The van der Waals surface area contributed by atoms with Crippen molar-refractivity contribution >= 4 is 5.97 Å². The Morgan fingerprint density at radius 3 is 2.52 bits per heavy atom. The van der Waals surface area contributed by atoms with Gasteiger partial charge in [-0.25, -0.2) is 9.48 Å². The number of nitrogens with zero attached hydrogens (tertiary/aromatic N) is 3. The third kappa shape index (κ3) is 3.39. The Balaban J connectivity index is 2.21. The highest BCUT2D eigenvalue weighted by Crippen LogP contribution is 2.14. The first-order valence-corrected chi connectivity index (χ1v) is 6.92. The van der Waals surface area contributed by atoms with Crippen LogP contribution in [0.1, 0.15) is 35.6 Å². The van der Waals surface area contributed by atoms with Gasteiger partial charge in [0.25, 0.3) is 0 Å². The molecule has 0 radical (unpaired) electrons. The maximum atomic E-state index is 11.8. The summed E-state index contributed by atoms with van der Waals surface area (Å²) in [5, 5.41) is 8.01. The van der Waals surface area contributed by atoms with Crippen molar-refractivity contribution in [2.24, 2.45) is 0 Å². The number of benzene rings is 1. The molecule has 6 nitrogen and oxygen atoms in total. The normalized spacial score (nSPS) is 10.4. The van der Waals surface area contributed by atoms with Crippen molar-refractivity contribution in [1.82, 2.24) is 15.0 Å². The van der Waals surface area contributed by atoms with Gasteiger partial charge < -0.3 is 9.47 Å². The van der Waals surface area contributed by atoms with Crippen molar-refractivity contribution in [3.05, 3.63) is 41.2 Å². The highest BCUT2D eigenvalue weighted by atomic mass is 16.5. The van der Waals surface area contributed by atoms with E-state index in [-0.39, 0.29) is 0 Å². The molecule has 0 aliphatic rings. The van der Waals surface area contributed by atoms with Gasteiger partial charge in [0.2, 0.25) is 0 Å². The molecule has 0 saturated carbocycles. The summed E-state index contributed by atoms with van der Waals surface area (Å²) in [6.07, 6.45) is 0.664. The van der Waals surface area contributed by atoms with E-state index < -0.39 is 5.97 Å². The number of methoxy groups -OCH3 is 1. The number of rotatable bonds is 6. The van der Waals surface area contributed by atoms with Crippen LogP contribution in [0.2, 0.25) is 0 Å². The molecular formula is C15H19N3O3. The molecule has 1 heterocycles. The summed E-state index contributed by atoms with van der Waals surface area (Å²) in [5.41, 5.74) is 2.14. The Bertz CT molecular complexity index is 605. The van der Waals surface area contributed by atoms with Crippen molar-refractivity contribution in [1.29, 1.82) is 0 Å². The van der Waals surface area contributed by atoms with E-state index in [1.54, 1.807) is 18.7 Å². The molecule has 112 valence electrons. The number of ether oxygens (including phenoxy) is 2. The number of carbonyl (C=O) groups is 1. The molecule has 0 fully saturated rings. The number of hydrogen-bond acceptors (Lipinski definition) is 5. The smallest absolute Gasteiger partial charge is 0.360 e. The highest BCUT2D eigenvalue weighted by Gasteiger charge is 2.19. The molecule has 1 aromatic heterocycles. The second kappa shape index (κ2) is 6.88. The van der Waals surface area contributed by atoms with Crippen LogP contribution in [0, 0.1) is 0 Å². The second-order valence-corrected chi connectivity index (χ2v) is 4.46. The fourth-order valence-electron chi connectivity index (χ4n) is 2.07. The largest absolute Gasteiger partial charge is 0.497 e. The predicted molar refractivity (Wildman–Crippen MR) is 77.5 cm³/mol. The summed E-state index contributed by atoms with van der Waals surface area (Å²) in [6.45, 7) is 4.62. The molecule has 2 aromatic rings. The van der Waals surface area contributed by atoms with E-state index in [0.717, 1.165) is 17.0 Å². The molecule has 21 heavy (non-hydrogen) atoms. The van der Waals surface area contributed by atoms with Crippen molar-refractivity contribution in [3.8, 4) is 5.75 Å². The fraction of sp³-hybridized carbons (Fsp3) is 0.400. The zero-order valence-electron chi connectivity index (χ0n) is 12.5. The molecule has 0 aliphatic carbocycles. The zero-order chi connectivity index (χ0) is 15.2. The van der Waals surface area contributed by atoms with E-state index in [1.807, 2.05) is 31.2 Å². The molecule has 0 N–H and O–H groups in total. The Kier molecular flexibility index (Phi) is 4.92. The van der Waals surface area contributed by atoms with Crippen LogP contribution in [0.25, 0.3) is 0 Å². The molecular weight excluding hydrogens is 270 g/mol. The van der Waals surface area contributed by atoms with Crippen LogP contribution in [0.3, 0.4) is 0 Å². The molecule has 0 spiro atoms. The third-order valence-corrected chi connectivity index (χ3v) is 3.13. The van der Waals surface area contributed by atoms with Gasteiger partial charge in [-0.2, -0.15) is 0 Å². The van der Waals surface area contributed by atoms with Gasteiger partial charge in [-0.1, -0.05) is 24.3 Å². The fourth-order valence-corrected chi connectivity index (χ4v) is 2.07. The first-order valence-electron chi connectivity index (χ1n) is 6.92. The predicted octanol–water partition coefficient (Wildman–Crippen LogP) is 2.07. The minimum absolute atomic E-state index is 0.299. The van der Waals surface area contributed by atoms with Crippen LogP contribution < -0.4 is 4.74 Å². The van der Waals surface area contributed by atoms with Crippen molar-refractivity contribution in [2.45, 2.75) is 26.8 Å². The maximum Gasteiger partial charge on any atom is 0.360 e. The van der Waals surface area contributed by atoms with Crippen molar-refractivity contribution in [2.75, 3.05) is 13.7 Å². The SMILES string of the molecule is CCOC(=O)c1nnn(Cc2ccc(OC)cc2)c1CC. The standard InChI is InChI=1S/C15H19N3O3/c1-4-13-14(15(19)21-5-2)16-17-18(13)10-11-6-8-12(20-3)9-7-11/h6-9H,4-5,10H2,1-3H3. The Morgan fingerprint density at radius 2 is 1.95 bits per heavy atom. The quantitative estimate of drug-likeness (QED) is 0.762. The van der Waals surface area contributed by atoms with Gasteiger partial charge in [-0.3, -0.25) is 0 Å². The lowest BCUT2D eigenvalue weighted by Crippen LogP contribution is -2.11. The Morgan fingerprint density at radius 1 is 1.24 bits per heavy atom. The van der Waals surface area contributed by atoms with Gasteiger partial charge in [0.05, 0.1) is 26.0 Å². The van der Waals surface area contributed by atoms with Crippen LogP contribution in [0.5, 0.6) is 5.75 Å². The van der Waals surface area contributed by atoms with Gasteiger partial charge in [0.1, 0.15) is 5.75 Å². The molecule has 0 amide bonds. The van der Waals surface area contributed by atoms with Gasteiger partial charge in [0, 0.05) is 0 Å². The zero-order valence-corrected chi connectivity index (χ0v) is 12.5. The van der Waals surface area contributed by atoms with E-state index in [2.05, 4.69) is 10.3 Å². The molecule has 2 rings (SSSR count). The summed E-state index contributed by atoms with van der Waals surface area (Å²) in [5.74, 6) is 0.385. The summed E-state index contributed by atoms with van der Waals surface area (Å²) >= 11 is 0. The summed E-state index contributed by atoms with van der Waals surface area (Å²) in [4.78, 5) is 11.8. The first kappa shape index (κ1) is 15.0.